The quantitative estimate of drug-likeness (QED) is 0.677. The lowest BCUT2D eigenvalue weighted by molar-refractivity contribution is -0.121. The van der Waals surface area contributed by atoms with E-state index in [1.807, 2.05) is 13.8 Å². The van der Waals surface area contributed by atoms with Crippen LogP contribution in [-0.4, -0.2) is 36.5 Å². The van der Waals surface area contributed by atoms with Crippen LogP contribution in [0.2, 0.25) is 0 Å². The number of amides is 1. The molecule has 0 aliphatic carbocycles. The maximum absolute atomic E-state index is 11.1. The predicted molar refractivity (Wildman–Crippen MR) is 55.7 cm³/mol. The van der Waals surface area contributed by atoms with Crippen molar-refractivity contribution in [2.45, 2.75) is 40.2 Å². The third-order valence-corrected chi connectivity index (χ3v) is 2.15. The van der Waals surface area contributed by atoms with E-state index in [1.54, 1.807) is 0 Å². The number of likely N-dealkylation sites (N-methyl/N-ethyl adjacent to an activating group) is 1. The highest BCUT2D eigenvalue weighted by Gasteiger charge is 2.08. The van der Waals surface area contributed by atoms with E-state index in [9.17, 15) is 4.79 Å². The maximum atomic E-state index is 11.1. The second-order valence-electron chi connectivity index (χ2n) is 3.31. The zero-order valence-electron chi connectivity index (χ0n) is 9.26. The smallest absolute Gasteiger partial charge is 0.219 e. The summed E-state index contributed by atoms with van der Waals surface area (Å²) in [5, 5.41) is 2.95. The highest BCUT2D eigenvalue weighted by molar-refractivity contribution is 5.75. The Morgan fingerprint density at radius 3 is 2.23 bits per heavy atom. The van der Waals surface area contributed by atoms with Gasteiger partial charge in [-0.2, -0.15) is 0 Å². The van der Waals surface area contributed by atoms with Gasteiger partial charge >= 0.3 is 0 Å². The van der Waals surface area contributed by atoms with E-state index in [-0.39, 0.29) is 11.9 Å². The van der Waals surface area contributed by atoms with Crippen LogP contribution in [0.5, 0.6) is 0 Å². The largest absolute Gasteiger partial charge is 0.352 e. The molecule has 0 aliphatic rings. The van der Waals surface area contributed by atoms with Crippen molar-refractivity contribution in [2.24, 2.45) is 0 Å². The third-order valence-electron chi connectivity index (χ3n) is 2.15. The molecule has 0 rings (SSSR count). The van der Waals surface area contributed by atoms with Gasteiger partial charge in [-0.3, -0.25) is 4.79 Å². The number of nitrogens with zero attached hydrogens (tertiary/aromatic N) is 1. The first-order chi connectivity index (χ1) is 6.13. The minimum Gasteiger partial charge on any atom is -0.352 e. The second-order valence-corrected chi connectivity index (χ2v) is 3.31. The summed E-state index contributed by atoms with van der Waals surface area (Å²) in [4.78, 5) is 13.4. The zero-order chi connectivity index (χ0) is 10.3. The predicted octanol–water partition coefficient (Wildman–Crippen LogP) is 1.24. The SMILES string of the molecule is CCC(=O)NC(C)CN(CC)CC. The number of carbonyl (C=O) groups excluding carboxylic acids is 1. The minimum atomic E-state index is 0.139. The first-order valence-electron chi connectivity index (χ1n) is 5.15. The molecule has 0 aromatic heterocycles. The van der Waals surface area contributed by atoms with Gasteiger partial charge in [0, 0.05) is 19.0 Å². The van der Waals surface area contributed by atoms with Crippen LogP contribution >= 0.6 is 0 Å². The lowest BCUT2D eigenvalue weighted by Crippen LogP contribution is -2.41. The molecule has 0 spiro atoms. The van der Waals surface area contributed by atoms with Crippen molar-refractivity contribution in [3.8, 4) is 0 Å². The zero-order valence-corrected chi connectivity index (χ0v) is 9.26. The van der Waals surface area contributed by atoms with E-state index >= 15 is 0 Å². The molecule has 13 heavy (non-hydrogen) atoms. The van der Waals surface area contributed by atoms with Gasteiger partial charge in [-0.1, -0.05) is 20.8 Å². The fourth-order valence-corrected chi connectivity index (χ4v) is 1.29. The number of carbonyl (C=O) groups is 1. The van der Waals surface area contributed by atoms with Gasteiger partial charge in [-0.05, 0) is 20.0 Å². The van der Waals surface area contributed by atoms with Gasteiger partial charge in [0.1, 0.15) is 0 Å². The monoisotopic (exact) mass is 186 g/mol. The van der Waals surface area contributed by atoms with Crippen molar-refractivity contribution in [3.63, 3.8) is 0 Å². The van der Waals surface area contributed by atoms with Crippen LogP contribution < -0.4 is 5.32 Å². The molecule has 0 aliphatic heterocycles. The number of hydrogen-bond acceptors (Lipinski definition) is 2. The lowest BCUT2D eigenvalue weighted by atomic mass is 10.3. The molecule has 0 aromatic carbocycles. The van der Waals surface area contributed by atoms with E-state index in [0.717, 1.165) is 19.6 Å². The van der Waals surface area contributed by atoms with Crippen molar-refractivity contribution in [1.82, 2.24) is 10.2 Å². The van der Waals surface area contributed by atoms with Crippen LogP contribution in [0.3, 0.4) is 0 Å². The molecule has 0 aromatic rings. The topological polar surface area (TPSA) is 32.3 Å². The summed E-state index contributed by atoms with van der Waals surface area (Å²) >= 11 is 0. The molecule has 1 atom stereocenters. The van der Waals surface area contributed by atoms with Crippen molar-refractivity contribution < 1.29 is 4.79 Å². The molecule has 0 bridgehead atoms. The molecule has 3 heteroatoms. The van der Waals surface area contributed by atoms with Gasteiger partial charge in [-0.25, -0.2) is 0 Å². The van der Waals surface area contributed by atoms with Crippen LogP contribution in [0.25, 0.3) is 0 Å². The van der Waals surface area contributed by atoms with E-state index in [2.05, 4.69) is 24.1 Å². The van der Waals surface area contributed by atoms with Crippen LogP contribution in [0.15, 0.2) is 0 Å². The minimum absolute atomic E-state index is 0.139. The Morgan fingerprint density at radius 2 is 1.85 bits per heavy atom. The van der Waals surface area contributed by atoms with Gasteiger partial charge in [0.2, 0.25) is 5.91 Å². The Kier molecular flexibility index (Phi) is 6.59. The van der Waals surface area contributed by atoms with Gasteiger partial charge in [0.05, 0.1) is 0 Å². The molecule has 1 unspecified atom stereocenters. The Morgan fingerprint density at radius 1 is 1.31 bits per heavy atom. The second kappa shape index (κ2) is 6.89. The first kappa shape index (κ1) is 12.4. The highest BCUT2D eigenvalue weighted by atomic mass is 16.1. The summed E-state index contributed by atoms with van der Waals surface area (Å²) in [7, 11) is 0. The highest BCUT2D eigenvalue weighted by Crippen LogP contribution is 1.92. The van der Waals surface area contributed by atoms with Crippen molar-refractivity contribution >= 4 is 5.91 Å². The van der Waals surface area contributed by atoms with Gasteiger partial charge in [-0.15, -0.1) is 0 Å². The Bertz CT molecular complexity index is 144. The van der Waals surface area contributed by atoms with Gasteiger partial charge < -0.3 is 10.2 Å². The maximum Gasteiger partial charge on any atom is 0.219 e. The molecule has 3 nitrogen and oxygen atoms in total. The Balaban J connectivity index is 3.71. The number of rotatable bonds is 6. The summed E-state index contributed by atoms with van der Waals surface area (Å²) in [6.07, 6.45) is 0.572. The van der Waals surface area contributed by atoms with Crippen molar-refractivity contribution in [3.05, 3.63) is 0 Å². The van der Waals surface area contributed by atoms with E-state index in [1.165, 1.54) is 0 Å². The average molecular weight is 186 g/mol. The normalized spacial score (nSPS) is 13.0. The fraction of sp³-hybridized carbons (Fsp3) is 0.900. The summed E-state index contributed by atoms with van der Waals surface area (Å²) in [6, 6.07) is 0.257. The standard InChI is InChI=1S/C10H22N2O/c1-5-10(13)11-9(4)8-12(6-2)7-3/h9H,5-8H2,1-4H3,(H,11,13). The molecule has 0 saturated carbocycles. The Hall–Kier alpha value is -0.570. The van der Waals surface area contributed by atoms with Crippen LogP contribution in [0, 0.1) is 0 Å². The summed E-state index contributed by atoms with van der Waals surface area (Å²) in [5.74, 6) is 0.139. The molecule has 0 radical (unpaired) electrons. The van der Waals surface area contributed by atoms with E-state index < -0.39 is 0 Å². The lowest BCUT2D eigenvalue weighted by Gasteiger charge is -2.23. The van der Waals surface area contributed by atoms with Crippen LogP contribution in [-0.2, 0) is 4.79 Å². The van der Waals surface area contributed by atoms with Crippen molar-refractivity contribution in [1.29, 1.82) is 0 Å². The molecule has 1 N–H and O–H groups in total. The molecule has 1 amide bonds. The molecular weight excluding hydrogens is 164 g/mol. The summed E-state index contributed by atoms with van der Waals surface area (Å²) in [6.45, 7) is 11.2. The van der Waals surface area contributed by atoms with Gasteiger partial charge in [0.25, 0.3) is 0 Å². The summed E-state index contributed by atoms with van der Waals surface area (Å²) in [5.41, 5.74) is 0. The first-order valence-corrected chi connectivity index (χ1v) is 5.15. The van der Waals surface area contributed by atoms with Crippen LogP contribution in [0.1, 0.15) is 34.1 Å². The molecular formula is C10H22N2O. The number of nitrogens with one attached hydrogen (secondary N) is 1. The molecule has 0 saturated heterocycles. The van der Waals surface area contributed by atoms with Gasteiger partial charge in [0.15, 0.2) is 0 Å². The van der Waals surface area contributed by atoms with E-state index in [4.69, 9.17) is 0 Å². The fourth-order valence-electron chi connectivity index (χ4n) is 1.29. The third kappa shape index (κ3) is 5.64. The molecule has 78 valence electrons. The van der Waals surface area contributed by atoms with E-state index in [0.29, 0.717) is 6.42 Å². The van der Waals surface area contributed by atoms with Crippen molar-refractivity contribution in [2.75, 3.05) is 19.6 Å². The molecule has 0 heterocycles. The van der Waals surface area contributed by atoms with Crippen LogP contribution in [0.4, 0.5) is 0 Å². The number of hydrogen-bond donors (Lipinski definition) is 1. The molecule has 0 fully saturated rings. The Labute approximate surface area is 81.5 Å². The average Bonchev–Trinajstić information content (AvgIpc) is 2.13. The summed E-state index contributed by atoms with van der Waals surface area (Å²) < 4.78 is 0.